The number of rotatable bonds is 5. The summed E-state index contributed by atoms with van der Waals surface area (Å²) in [5.74, 6) is -4.64. The Morgan fingerprint density at radius 2 is 1.90 bits per heavy atom. The Kier molecular flexibility index (Phi) is 5.05. The van der Waals surface area contributed by atoms with Crippen molar-refractivity contribution in [3.8, 4) is 0 Å². The molecule has 1 aromatic carbocycles. The third-order valence-electron chi connectivity index (χ3n) is 4.76. The maximum Gasteiger partial charge on any atom is 0.290 e. The van der Waals surface area contributed by atoms with E-state index in [9.17, 15) is 33.9 Å². The number of piperidine rings is 1. The number of hydrogen-bond donors (Lipinski definition) is 3. The van der Waals surface area contributed by atoms with Crippen LogP contribution in [0.5, 0.6) is 0 Å². The third-order valence-corrected chi connectivity index (χ3v) is 4.76. The lowest BCUT2D eigenvalue weighted by Crippen LogP contribution is -2.54. The zero-order valence-corrected chi connectivity index (χ0v) is 15.8. The molecule has 10 nitrogen and oxygen atoms in total. The number of aliphatic hydroxyl groups is 1. The number of hydrogen-bond acceptors (Lipinski definition) is 7. The summed E-state index contributed by atoms with van der Waals surface area (Å²) in [5, 5.41) is 14.1. The molecule has 0 bridgehead atoms. The molecule has 0 radical (unpaired) electrons. The number of nitrogens with zero attached hydrogens (tertiary/aromatic N) is 1. The molecule has 0 saturated carbocycles. The number of Topliss-reactive ketones (excluding diaryl/α,β-unsaturated/α-hetero) is 1. The Labute approximate surface area is 165 Å². The first-order valence-electron chi connectivity index (χ1n) is 8.91. The molecule has 1 aromatic rings. The fourth-order valence-electron chi connectivity index (χ4n) is 3.27. The van der Waals surface area contributed by atoms with Crippen molar-refractivity contribution in [1.82, 2.24) is 15.5 Å². The summed E-state index contributed by atoms with van der Waals surface area (Å²) in [4.78, 5) is 73.6. The molecule has 1 unspecified atom stereocenters. The van der Waals surface area contributed by atoms with Gasteiger partial charge in [-0.1, -0.05) is 12.1 Å². The predicted octanol–water partition coefficient (Wildman–Crippen LogP) is -0.956. The summed E-state index contributed by atoms with van der Waals surface area (Å²) in [6.45, 7) is 2.12. The van der Waals surface area contributed by atoms with Crippen LogP contribution in [0.25, 0.3) is 0 Å². The number of fused-ring (bicyclic) bond motifs is 1. The summed E-state index contributed by atoms with van der Waals surface area (Å²) in [6, 6.07) is 3.35. The molecule has 5 amide bonds. The number of carbonyl (C=O) groups is 6. The van der Waals surface area contributed by atoms with Gasteiger partial charge in [-0.15, -0.1) is 0 Å². The molecule has 3 rings (SSSR count). The molecular formula is C19H19N3O7. The van der Waals surface area contributed by atoms with Gasteiger partial charge in [0, 0.05) is 13.0 Å². The lowest BCUT2D eigenvalue weighted by Gasteiger charge is -2.27. The lowest BCUT2D eigenvalue weighted by atomic mass is 10.0. The summed E-state index contributed by atoms with van der Waals surface area (Å²) in [7, 11) is 0. The van der Waals surface area contributed by atoms with E-state index in [0.29, 0.717) is 0 Å². The number of benzene rings is 1. The van der Waals surface area contributed by atoms with Gasteiger partial charge < -0.3 is 10.4 Å². The highest BCUT2D eigenvalue weighted by molar-refractivity contribution is 6.39. The van der Waals surface area contributed by atoms with Gasteiger partial charge in [-0.25, -0.2) is 0 Å². The minimum Gasteiger partial charge on any atom is -0.382 e. The Hall–Kier alpha value is -3.40. The largest absolute Gasteiger partial charge is 0.382 e. The van der Waals surface area contributed by atoms with Crippen LogP contribution in [0.3, 0.4) is 0 Å². The fourth-order valence-corrected chi connectivity index (χ4v) is 3.27. The summed E-state index contributed by atoms with van der Waals surface area (Å²) < 4.78 is 0. The SMILES string of the molecule is CC(C)(O)C(=O)C(=O)NCc1cccc2c1C(=O)N(C1CCC(=O)NC1=O)C2=O. The van der Waals surface area contributed by atoms with E-state index in [0.717, 1.165) is 4.90 Å². The van der Waals surface area contributed by atoms with Crippen molar-refractivity contribution in [3.63, 3.8) is 0 Å². The molecule has 152 valence electrons. The van der Waals surface area contributed by atoms with E-state index in [1.807, 2.05) is 0 Å². The van der Waals surface area contributed by atoms with Gasteiger partial charge in [-0.2, -0.15) is 0 Å². The van der Waals surface area contributed by atoms with Gasteiger partial charge in [0.15, 0.2) is 0 Å². The van der Waals surface area contributed by atoms with Crippen LogP contribution < -0.4 is 10.6 Å². The van der Waals surface area contributed by atoms with Gasteiger partial charge in [0.25, 0.3) is 23.5 Å². The molecule has 2 heterocycles. The number of nitrogens with one attached hydrogen (secondary N) is 2. The van der Waals surface area contributed by atoms with E-state index >= 15 is 0 Å². The highest BCUT2D eigenvalue weighted by atomic mass is 16.3. The number of imide groups is 2. The molecule has 0 aliphatic carbocycles. The average Bonchev–Trinajstić information content (AvgIpc) is 2.90. The normalized spacial score (nSPS) is 19.1. The van der Waals surface area contributed by atoms with Gasteiger partial charge in [-0.3, -0.25) is 39.0 Å². The zero-order chi connectivity index (χ0) is 21.5. The molecular weight excluding hydrogens is 382 g/mol. The highest BCUT2D eigenvalue weighted by Crippen LogP contribution is 2.29. The van der Waals surface area contributed by atoms with Crippen LogP contribution >= 0.6 is 0 Å². The third kappa shape index (κ3) is 3.66. The van der Waals surface area contributed by atoms with Gasteiger partial charge in [0.1, 0.15) is 11.6 Å². The van der Waals surface area contributed by atoms with E-state index in [1.54, 1.807) is 0 Å². The maximum atomic E-state index is 12.9. The van der Waals surface area contributed by atoms with Crippen LogP contribution in [0.2, 0.25) is 0 Å². The quantitative estimate of drug-likeness (QED) is 0.425. The van der Waals surface area contributed by atoms with Gasteiger partial charge in [0.05, 0.1) is 11.1 Å². The topological polar surface area (TPSA) is 150 Å². The van der Waals surface area contributed by atoms with Crippen LogP contribution in [0.15, 0.2) is 18.2 Å². The Balaban J connectivity index is 1.83. The van der Waals surface area contributed by atoms with Crippen molar-refractivity contribution in [1.29, 1.82) is 0 Å². The molecule has 10 heteroatoms. The van der Waals surface area contributed by atoms with E-state index in [1.165, 1.54) is 32.0 Å². The molecule has 0 aromatic heterocycles. The predicted molar refractivity (Wildman–Crippen MR) is 96.3 cm³/mol. The Bertz CT molecular complexity index is 961. The number of carbonyl (C=O) groups excluding carboxylic acids is 6. The van der Waals surface area contributed by atoms with Crippen LogP contribution in [-0.2, 0) is 25.7 Å². The molecule has 0 spiro atoms. The molecule has 2 aliphatic heterocycles. The van der Waals surface area contributed by atoms with Gasteiger partial charge in [-0.05, 0) is 31.9 Å². The summed E-state index contributed by atoms with van der Waals surface area (Å²) in [5.41, 5.74) is -1.47. The zero-order valence-electron chi connectivity index (χ0n) is 15.8. The second-order valence-corrected chi connectivity index (χ2v) is 7.36. The standard InChI is InChI=1S/C19H19N3O7/c1-19(2,29)14(24)16(26)20-8-9-4-3-5-10-13(9)18(28)22(17(10)27)11-6-7-12(23)21-15(11)25/h3-5,11,29H,6-8H2,1-2H3,(H,20,26)(H,21,23,25). The van der Waals surface area contributed by atoms with Crippen molar-refractivity contribution < 1.29 is 33.9 Å². The molecule has 3 N–H and O–H groups in total. The number of amides is 5. The minimum absolute atomic E-state index is 0.00574. The lowest BCUT2D eigenvalue weighted by molar-refractivity contribution is -0.147. The van der Waals surface area contributed by atoms with E-state index in [2.05, 4.69) is 10.6 Å². The van der Waals surface area contributed by atoms with Crippen molar-refractivity contribution in [3.05, 3.63) is 34.9 Å². The van der Waals surface area contributed by atoms with E-state index in [-0.39, 0.29) is 36.1 Å². The number of ketones is 1. The second kappa shape index (κ2) is 7.21. The molecule has 1 fully saturated rings. The molecule has 29 heavy (non-hydrogen) atoms. The van der Waals surface area contributed by atoms with Crippen LogP contribution in [0.1, 0.15) is 53.0 Å². The van der Waals surface area contributed by atoms with Crippen molar-refractivity contribution in [2.24, 2.45) is 0 Å². The maximum absolute atomic E-state index is 12.9. The highest BCUT2D eigenvalue weighted by Gasteiger charge is 2.45. The summed E-state index contributed by atoms with van der Waals surface area (Å²) in [6.07, 6.45) is 0.0358. The van der Waals surface area contributed by atoms with Crippen molar-refractivity contribution in [2.75, 3.05) is 0 Å². The van der Waals surface area contributed by atoms with Crippen molar-refractivity contribution in [2.45, 2.75) is 44.9 Å². The fraction of sp³-hybridized carbons (Fsp3) is 0.368. The first-order valence-corrected chi connectivity index (χ1v) is 8.91. The van der Waals surface area contributed by atoms with Crippen LogP contribution in [0.4, 0.5) is 0 Å². The second-order valence-electron chi connectivity index (χ2n) is 7.36. The van der Waals surface area contributed by atoms with Crippen LogP contribution in [-0.4, -0.2) is 57.0 Å². The Morgan fingerprint density at radius 3 is 2.52 bits per heavy atom. The average molecular weight is 401 g/mol. The first kappa shape index (κ1) is 20.3. The molecule has 2 aliphatic rings. The van der Waals surface area contributed by atoms with Crippen molar-refractivity contribution >= 4 is 35.3 Å². The Morgan fingerprint density at radius 1 is 1.21 bits per heavy atom. The minimum atomic E-state index is -1.85. The van der Waals surface area contributed by atoms with Gasteiger partial charge >= 0.3 is 0 Å². The van der Waals surface area contributed by atoms with Gasteiger partial charge in [0.2, 0.25) is 11.8 Å². The van der Waals surface area contributed by atoms with E-state index < -0.39 is 47.0 Å². The smallest absolute Gasteiger partial charge is 0.290 e. The molecule has 1 saturated heterocycles. The van der Waals surface area contributed by atoms with Crippen LogP contribution in [0, 0.1) is 0 Å². The summed E-state index contributed by atoms with van der Waals surface area (Å²) >= 11 is 0. The van der Waals surface area contributed by atoms with E-state index in [4.69, 9.17) is 0 Å². The molecule has 1 atom stereocenters. The first-order chi connectivity index (χ1) is 13.5. The monoisotopic (exact) mass is 401 g/mol.